The Morgan fingerprint density at radius 3 is 2.32 bits per heavy atom. The third-order valence-corrected chi connectivity index (χ3v) is 6.04. The molecule has 1 amide bonds. The molecule has 0 aliphatic heterocycles. The quantitative estimate of drug-likeness (QED) is 0.535. The van der Waals surface area contributed by atoms with E-state index in [1.807, 2.05) is 18.2 Å². The predicted octanol–water partition coefficient (Wildman–Crippen LogP) is 4.61. The van der Waals surface area contributed by atoms with E-state index in [1.54, 1.807) is 49.7 Å². The molecular formula is C23H22N2O5S. The number of ether oxygens (including phenoxy) is 2. The Balaban J connectivity index is 2.09. The van der Waals surface area contributed by atoms with Crippen LogP contribution in [0.5, 0.6) is 5.75 Å². The van der Waals surface area contributed by atoms with Gasteiger partial charge in [-0.15, -0.1) is 0 Å². The number of benzene rings is 2. The number of carbonyl (C=O) groups is 1. The monoisotopic (exact) mass is 438 g/mol. The van der Waals surface area contributed by atoms with Crippen molar-refractivity contribution in [2.24, 2.45) is 0 Å². The molecule has 0 aliphatic carbocycles. The first-order chi connectivity index (χ1) is 15.0. The van der Waals surface area contributed by atoms with Gasteiger partial charge in [0.25, 0.3) is 10.0 Å². The van der Waals surface area contributed by atoms with Gasteiger partial charge in [0, 0.05) is 12.4 Å². The SMILES string of the molecule is CCOC(=O)N(c1ccccc1C=Cc1ccncc1)S(=O)(=O)c1ccc(OC)cc1. The van der Waals surface area contributed by atoms with Crippen LogP contribution in [0.4, 0.5) is 10.5 Å². The second kappa shape index (κ2) is 9.90. The lowest BCUT2D eigenvalue weighted by Gasteiger charge is -2.23. The molecule has 0 unspecified atom stereocenters. The Labute approximate surface area is 181 Å². The molecule has 0 radical (unpaired) electrons. The topological polar surface area (TPSA) is 85.8 Å². The smallest absolute Gasteiger partial charge is 0.428 e. The van der Waals surface area contributed by atoms with E-state index in [4.69, 9.17) is 9.47 Å². The largest absolute Gasteiger partial charge is 0.497 e. The summed E-state index contributed by atoms with van der Waals surface area (Å²) in [6, 6.07) is 16.1. The summed E-state index contributed by atoms with van der Waals surface area (Å²) in [5.41, 5.74) is 1.59. The van der Waals surface area contributed by atoms with Crippen molar-refractivity contribution in [2.45, 2.75) is 11.8 Å². The Kier molecular flexibility index (Phi) is 7.04. The number of carbonyl (C=O) groups excluding carboxylic acids is 1. The molecule has 1 aromatic heterocycles. The third-order valence-electron chi connectivity index (χ3n) is 4.35. The summed E-state index contributed by atoms with van der Waals surface area (Å²) < 4.78 is 37.7. The fourth-order valence-electron chi connectivity index (χ4n) is 2.84. The van der Waals surface area contributed by atoms with Crippen molar-refractivity contribution in [3.8, 4) is 5.75 Å². The van der Waals surface area contributed by atoms with Gasteiger partial charge in [-0.25, -0.2) is 13.2 Å². The highest BCUT2D eigenvalue weighted by atomic mass is 32.2. The van der Waals surface area contributed by atoms with E-state index in [1.165, 1.54) is 31.4 Å². The number of aromatic nitrogens is 1. The van der Waals surface area contributed by atoms with Crippen LogP contribution < -0.4 is 9.04 Å². The molecule has 160 valence electrons. The fraction of sp³-hybridized carbons (Fsp3) is 0.130. The number of pyridine rings is 1. The van der Waals surface area contributed by atoms with Crippen LogP contribution in [0.1, 0.15) is 18.1 Å². The van der Waals surface area contributed by atoms with Crippen molar-refractivity contribution >= 4 is 34.0 Å². The van der Waals surface area contributed by atoms with E-state index in [-0.39, 0.29) is 17.2 Å². The Hall–Kier alpha value is -3.65. The van der Waals surface area contributed by atoms with Crippen LogP contribution in [0, 0.1) is 0 Å². The maximum atomic E-state index is 13.4. The molecule has 2 aromatic carbocycles. The predicted molar refractivity (Wildman–Crippen MR) is 119 cm³/mol. The molecule has 0 saturated heterocycles. The molecule has 31 heavy (non-hydrogen) atoms. The second-order valence-corrected chi connectivity index (χ2v) is 8.10. The van der Waals surface area contributed by atoms with Crippen molar-refractivity contribution in [3.05, 3.63) is 84.2 Å². The number of rotatable bonds is 7. The number of anilines is 1. The van der Waals surface area contributed by atoms with Crippen molar-refractivity contribution in [1.29, 1.82) is 0 Å². The number of hydrogen-bond donors (Lipinski definition) is 0. The lowest BCUT2D eigenvalue weighted by Crippen LogP contribution is -2.38. The van der Waals surface area contributed by atoms with E-state index in [9.17, 15) is 13.2 Å². The summed E-state index contributed by atoms with van der Waals surface area (Å²) in [5.74, 6) is 0.502. The third kappa shape index (κ3) is 5.10. The van der Waals surface area contributed by atoms with Gasteiger partial charge in [0.05, 0.1) is 24.3 Å². The molecule has 7 nitrogen and oxygen atoms in total. The Morgan fingerprint density at radius 2 is 1.68 bits per heavy atom. The number of para-hydroxylation sites is 1. The molecule has 0 bridgehead atoms. The average Bonchev–Trinajstić information content (AvgIpc) is 2.79. The molecule has 0 fully saturated rings. The maximum Gasteiger partial charge on any atom is 0.428 e. The van der Waals surface area contributed by atoms with Crippen LogP contribution in [-0.2, 0) is 14.8 Å². The van der Waals surface area contributed by atoms with Crippen molar-refractivity contribution in [3.63, 3.8) is 0 Å². The van der Waals surface area contributed by atoms with Crippen LogP contribution in [0.2, 0.25) is 0 Å². The molecule has 3 aromatic rings. The molecule has 0 atom stereocenters. The minimum Gasteiger partial charge on any atom is -0.497 e. The average molecular weight is 439 g/mol. The minimum absolute atomic E-state index is 0.0302. The van der Waals surface area contributed by atoms with Crippen LogP contribution in [0.3, 0.4) is 0 Å². The zero-order valence-electron chi connectivity index (χ0n) is 17.1. The molecular weight excluding hydrogens is 416 g/mol. The summed E-state index contributed by atoms with van der Waals surface area (Å²) >= 11 is 0. The zero-order valence-corrected chi connectivity index (χ0v) is 18.0. The Bertz CT molecular complexity index is 1160. The van der Waals surface area contributed by atoms with Crippen LogP contribution in [0.15, 0.2) is 78.0 Å². The summed E-state index contributed by atoms with van der Waals surface area (Å²) in [6.07, 6.45) is 5.88. The van der Waals surface area contributed by atoms with Crippen molar-refractivity contribution in [2.75, 3.05) is 18.0 Å². The van der Waals surface area contributed by atoms with E-state index < -0.39 is 16.1 Å². The molecule has 0 N–H and O–H groups in total. The van der Waals surface area contributed by atoms with Gasteiger partial charge in [-0.1, -0.05) is 30.4 Å². The van der Waals surface area contributed by atoms with E-state index >= 15 is 0 Å². The van der Waals surface area contributed by atoms with Gasteiger partial charge in [0.1, 0.15) is 5.75 Å². The summed E-state index contributed by atoms with van der Waals surface area (Å²) in [4.78, 5) is 16.7. The van der Waals surface area contributed by atoms with E-state index in [0.717, 1.165) is 5.56 Å². The van der Waals surface area contributed by atoms with Crippen LogP contribution in [-0.4, -0.2) is 33.2 Å². The first kappa shape index (κ1) is 22.0. The highest BCUT2D eigenvalue weighted by molar-refractivity contribution is 7.93. The van der Waals surface area contributed by atoms with Gasteiger partial charge >= 0.3 is 6.09 Å². The second-order valence-electron chi connectivity index (χ2n) is 6.32. The number of amides is 1. The summed E-state index contributed by atoms with van der Waals surface area (Å²) in [6.45, 7) is 1.65. The number of hydrogen-bond acceptors (Lipinski definition) is 6. The molecule has 0 spiro atoms. The van der Waals surface area contributed by atoms with Gasteiger partial charge in [-0.2, -0.15) is 4.31 Å². The van der Waals surface area contributed by atoms with Crippen molar-refractivity contribution < 1.29 is 22.7 Å². The fourth-order valence-corrected chi connectivity index (χ4v) is 4.20. The maximum absolute atomic E-state index is 13.4. The minimum atomic E-state index is -4.25. The molecule has 1 heterocycles. The lowest BCUT2D eigenvalue weighted by molar-refractivity contribution is 0.164. The molecule has 3 rings (SSSR count). The van der Waals surface area contributed by atoms with Gasteiger partial charge in [0.2, 0.25) is 0 Å². The summed E-state index contributed by atoms with van der Waals surface area (Å²) in [7, 11) is -2.76. The van der Waals surface area contributed by atoms with Crippen LogP contribution >= 0.6 is 0 Å². The molecule has 0 saturated carbocycles. The normalized spacial score (nSPS) is 11.3. The van der Waals surface area contributed by atoms with E-state index in [2.05, 4.69) is 4.98 Å². The van der Waals surface area contributed by atoms with Gasteiger partial charge in [-0.05, 0) is 60.5 Å². The highest BCUT2D eigenvalue weighted by Crippen LogP contribution is 2.30. The number of sulfonamides is 1. The zero-order chi connectivity index (χ0) is 22.3. The van der Waals surface area contributed by atoms with Gasteiger partial charge < -0.3 is 9.47 Å². The van der Waals surface area contributed by atoms with Gasteiger partial charge in [0.15, 0.2) is 0 Å². The first-order valence-corrected chi connectivity index (χ1v) is 10.9. The first-order valence-electron chi connectivity index (χ1n) is 9.50. The molecule has 0 aliphatic rings. The Morgan fingerprint density at radius 1 is 1.00 bits per heavy atom. The lowest BCUT2D eigenvalue weighted by atomic mass is 10.1. The van der Waals surface area contributed by atoms with E-state index in [0.29, 0.717) is 15.6 Å². The number of methoxy groups -OCH3 is 1. The standard InChI is InChI=1S/C23H22N2O5S/c1-3-30-23(26)25(31(27,28)21-12-10-20(29-2)11-13-21)22-7-5-4-6-19(22)9-8-18-14-16-24-17-15-18/h4-17H,3H2,1-2H3. The van der Waals surface area contributed by atoms with Crippen LogP contribution in [0.25, 0.3) is 12.2 Å². The van der Waals surface area contributed by atoms with Crippen molar-refractivity contribution in [1.82, 2.24) is 4.98 Å². The van der Waals surface area contributed by atoms with Gasteiger partial charge in [-0.3, -0.25) is 4.98 Å². The highest BCUT2D eigenvalue weighted by Gasteiger charge is 2.33. The summed E-state index contributed by atoms with van der Waals surface area (Å²) in [5, 5.41) is 0. The number of nitrogens with zero attached hydrogens (tertiary/aromatic N) is 2. The molecule has 8 heteroatoms.